The fourth-order valence-electron chi connectivity index (χ4n) is 2.49. The van der Waals surface area contributed by atoms with Gasteiger partial charge in [0.1, 0.15) is 11.4 Å². The van der Waals surface area contributed by atoms with Crippen LogP contribution in [0.25, 0.3) is 0 Å². The van der Waals surface area contributed by atoms with Crippen LogP contribution in [0.1, 0.15) is 44.9 Å². The van der Waals surface area contributed by atoms with Crippen molar-refractivity contribution in [2.24, 2.45) is 0 Å². The summed E-state index contributed by atoms with van der Waals surface area (Å²) in [5.41, 5.74) is 1.95. The third-order valence-corrected chi connectivity index (χ3v) is 3.52. The quantitative estimate of drug-likeness (QED) is 0.788. The number of hydrogen-bond donors (Lipinski definition) is 0. The lowest BCUT2D eigenvalue weighted by Gasteiger charge is -2.36. The summed E-state index contributed by atoms with van der Waals surface area (Å²) in [5.74, 6) is 0.821. The van der Waals surface area contributed by atoms with E-state index in [4.69, 9.17) is 9.47 Å². The third kappa shape index (κ3) is 3.06. The maximum atomic E-state index is 12.3. The summed E-state index contributed by atoms with van der Waals surface area (Å²) < 4.78 is 10.7. The van der Waals surface area contributed by atoms with Crippen LogP contribution in [0.3, 0.4) is 0 Å². The number of hydrogen-bond acceptors (Lipinski definition) is 3. The van der Waals surface area contributed by atoms with Crippen molar-refractivity contribution >= 4 is 6.09 Å². The molecule has 1 amide bonds. The highest BCUT2D eigenvalue weighted by Gasteiger charge is 2.31. The van der Waals surface area contributed by atoms with Gasteiger partial charge in [0.15, 0.2) is 0 Å². The number of ether oxygens (including phenoxy) is 2. The van der Waals surface area contributed by atoms with E-state index in [0.717, 1.165) is 17.7 Å². The highest BCUT2D eigenvalue weighted by molar-refractivity contribution is 5.69. The number of amides is 1. The summed E-state index contributed by atoms with van der Waals surface area (Å²) in [7, 11) is 1.65. The monoisotopic (exact) mass is 277 g/mol. The smallest absolute Gasteiger partial charge is 0.410 e. The fraction of sp³-hybridized carbons (Fsp3) is 0.562. The van der Waals surface area contributed by atoms with Crippen molar-refractivity contribution in [1.82, 2.24) is 4.90 Å². The van der Waals surface area contributed by atoms with Gasteiger partial charge in [-0.15, -0.1) is 0 Å². The predicted molar refractivity (Wildman–Crippen MR) is 78.1 cm³/mol. The van der Waals surface area contributed by atoms with Crippen molar-refractivity contribution in [2.75, 3.05) is 13.7 Å². The molecule has 110 valence electrons. The van der Waals surface area contributed by atoms with E-state index in [2.05, 4.69) is 6.07 Å². The molecule has 1 atom stereocenters. The van der Waals surface area contributed by atoms with E-state index < -0.39 is 5.60 Å². The van der Waals surface area contributed by atoms with Gasteiger partial charge in [0.2, 0.25) is 0 Å². The Balaban J connectivity index is 2.22. The minimum absolute atomic E-state index is 0.00343. The molecule has 1 aromatic rings. The molecule has 4 nitrogen and oxygen atoms in total. The molecule has 4 heteroatoms. The molecule has 1 aromatic carbocycles. The van der Waals surface area contributed by atoms with Crippen LogP contribution < -0.4 is 4.74 Å². The SMILES string of the molecule is COc1ccc2c(c1)[C@@H](C)N(C(=O)OC(C)(C)C)CC2. The molecule has 0 bridgehead atoms. The fourth-order valence-corrected chi connectivity index (χ4v) is 2.49. The zero-order chi connectivity index (χ0) is 14.9. The topological polar surface area (TPSA) is 38.8 Å². The molecule has 0 saturated heterocycles. The molecule has 0 N–H and O–H groups in total. The molecule has 0 aliphatic carbocycles. The standard InChI is InChI=1S/C16H23NO3/c1-11-14-10-13(19-5)7-6-12(14)8-9-17(11)15(18)20-16(2,3)4/h6-7,10-11H,8-9H2,1-5H3/t11-/m1/s1. The number of benzene rings is 1. The molecule has 20 heavy (non-hydrogen) atoms. The summed E-state index contributed by atoms with van der Waals surface area (Å²) in [6.45, 7) is 8.38. The highest BCUT2D eigenvalue weighted by Crippen LogP contribution is 2.32. The van der Waals surface area contributed by atoms with Gasteiger partial charge in [-0.25, -0.2) is 4.79 Å². The molecule has 2 rings (SSSR count). The molecule has 0 aromatic heterocycles. The molecule has 1 aliphatic heterocycles. The van der Waals surface area contributed by atoms with Crippen molar-refractivity contribution < 1.29 is 14.3 Å². The molecule has 0 unspecified atom stereocenters. The molecule has 0 saturated carbocycles. The number of fused-ring (bicyclic) bond motifs is 1. The number of carbonyl (C=O) groups excluding carboxylic acids is 1. The summed E-state index contributed by atoms with van der Waals surface area (Å²) in [4.78, 5) is 14.0. The van der Waals surface area contributed by atoms with Crippen LogP contribution in [-0.2, 0) is 11.2 Å². The highest BCUT2D eigenvalue weighted by atomic mass is 16.6. The van der Waals surface area contributed by atoms with E-state index in [9.17, 15) is 4.79 Å². The minimum Gasteiger partial charge on any atom is -0.497 e. The second-order valence-electron chi connectivity index (χ2n) is 6.16. The maximum Gasteiger partial charge on any atom is 0.410 e. The van der Waals surface area contributed by atoms with Crippen molar-refractivity contribution in [3.8, 4) is 5.75 Å². The largest absolute Gasteiger partial charge is 0.497 e. The Kier molecular flexibility index (Phi) is 3.93. The van der Waals surface area contributed by atoms with Gasteiger partial charge in [0.25, 0.3) is 0 Å². The van der Waals surface area contributed by atoms with E-state index in [1.54, 1.807) is 12.0 Å². The van der Waals surface area contributed by atoms with Crippen molar-refractivity contribution in [3.63, 3.8) is 0 Å². The van der Waals surface area contributed by atoms with E-state index in [1.807, 2.05) is 39.8 Å². The van der Waals surface area contributed by atoms with Crippen LogP contribution in [0.5, 0.6) is 5.75 Å². The lowest BCUT2D eigenvalue weighted by Crippen LogP contribution is -2.42. The van der Waals surface area contributed by atoms with Gasteiger partial charge in [0, 0.05) is 6.54 Å². The molecule has 1 heterocycles. The lowest BCUT2D eigenvalue weighted by atomic mass is 9.93. The number of rotatable bonds is 1. The Morgan fingerprint density at radius 1 is 1.35 bits per heavy atom. The molecule has 1 aliphatic rings. The van der Waals surface area contributed by atoms with Crippen LogP contribution in [0, 0.1) is 0 Å². The van der Waals surface area contributed by atoms with E-state index >= 15 is 0 Å². The first-order chi connectivity index (χ1) is 9.31. The number of carbonyl (C=O) groups is 1. The molecular formula is C16H23NO3. The summed E-state index contributed by atoms with van der Waals surface area (Å²) >= 11 is 0. The second-order valence-corrected chi connectivity index (χ2v) is 6.16. The van der Waals surface area contributed by atoms with Gasteiger partial charge in [0.05, 0.1) is 13.2 Å². The Bertz CT molecular complexity index is 505. The Morgan fingerprint density at radius 2 is 2.05 bits per heavy atom. The van der Waals surface area contributed by atoms with Gasteiger partial charge < -0.3 is 14.4 Å². The minimum atomic E-state index is -0.467. The molecular weight excluding hydrogens is 254 g/mol. The van der Waals surface area contributed by atoms with Gasteiger partial charge >= 0.3 is 6.09 Å². The first-order valence-corrected chi connectivity index (χ1v) is 6.98. The van der Waals surface area contributed by atoms with Crippen LogP contribution in [0.2, 0.25) is 0 Å². The number of methoxy groups -OCH3 is 1. The Morgan fingerprint density at radius 3 is 2.65 bits per heavy atom. The Hall–Kier alpha value is -1.71. The third-order valence-electron chi connectivity index (χ3n) is 3.52. The van der Waals surface area contributed by atoms with E-state index in [1.165, 1.54) is 5.56 Å². The average Bonchev–Trinajstić information content (AvgIpc) is 2.36. The first kappa shape index (κ1) is 14.7. The average molecular weight is 277 g/mol. The zero-order valence-electron chi connectivity index (χ0n) is 12.9. The second kappa shape index (κ2) is 5.35. The summed E-state index contributed by atoms with van der Waals surface area (Å²) in [6.07, 6.45) is 0.599. The van der Waals surface area contributed by atoms with Crippen molar-refractivity contribution in [1.29, 1.82) is 0 Å². The summed E-state index contributed by atoms with van der Waals surface area (Å²) in [5, 5.41) is 0. The maximum absolute atomic E-state index is 12.3. The Labute approximate surface area is 120 Å². The van der Waals surface area contributed by atoms with E-state index in [0.29, 0.717) is 6.54 Å². The predicted octanol–water partition coefficient (Wildman–Crippen LogP) is 3.55. The van der Waals surface area contributed by atoms with Crippen molar-refractivity contribution in [2.45, 2.75) is 45.8 Å². The van der Waals surface area contributed by atoms with Gasteiger partial charge in [-0.05, 0) is 57.4 Å². The van der Waals surface area contributed by atoms with Gasteiger partial charge in [-0.3, -0.25) is 0 Å². The number of nitrogens with zero attached hydrogens (tertiary/aromatic N) is 1. The van der Waals surface area contributed by atoms with Gasteiger partial charge in [-0.1, -0.05) is 6.07 Å². The molecule has 0 spiro atoms. The lowest BCUT2D eigenvalue weighted by molar-refractivity contribution is 0.0159. The zero-order valence-corrected chi connectivity index (χ0v) is 12.9. The van der Waals surface area contributed by atoms with Crippen LogP contribution in [0.15, 0.2) is 18.2 Å². The molecule has 0 fully saturated rings. The van der Waals surface area contributed by atoms with Crippen LogP contribution in [-0.4, -0.2) is 30.2 Å². The summed E-state index contributed by atoms with van der Waals surface area (Å²) in [6, 6.07) is 6.06. The normalized spacial score (nSPS) is 18.4. The van der Waals surface area contributed by atoms with E-state index in [-0.39, 0.29) is 12.1 Å². The first-order valence-electron chi connectivity index (χ1n) is 6.98. The van der Waals surface area contributed by atoms with Crippen LogP contribution in [0.4, 0.5) is 4.79 Å². The van der Waals surface area contributed by atoms with Crippen molar-refractivity contribution in [3.05, 3.63) is 29.3 Å². The van der Waals surface area contributed by atoms with Gasteiger partial charge in [-0.2, -0.15) is 0 Å². The molecule has 0 radical (unpaired) electrons. The van der Waals surface area contributed by atoms with Crippen LogP contribution >= 0.6 is 0 Å².